The Balaban J connectivity index is 2.31. The molecule has 0 aromatic heterocycles. The number of Topliss-reactive ketones (excluding diaryl/α,β-unsaturated/α-hetero) is 1. The lowest BCUT2D eigenvalue weighted by Gasteiger charge is -2.08. The summed E-state index contributed by atoms with van der Waals surface area (Å²) in [6.07, 6.45) is 0.379. The molecule has 2 aromatic carbocycles. The van der Waals surface area contributed by atoms with Gasteiger partial charge in [-0.1, -0.05) is 41.4 Å². The van der Waals surface area contributed by atoms with Crippen LogP contribution in [0.5, 0.6) is 0 Å². The van der Waals surface area contributed by atoms with Crippen molar-refractivity contribution in [3.05, 3.63) is 68.1 Å². The Morgan fingerprint density at radius 1 is 1.21 bits per heavy atom. The van der Waals surface area contributed by atoms with E-state index < -0.39 is 0 Å². The summed E-state index contributed by atoms with van der Waals surface area (Å²) in [5.41, 5.74) is 3.91. The lowest BCUT2D eigenvalue weighted by Crippen LogP contribution is -2.06. The van der Waals surface area contributed by atoms with Crippen molar-refractivity contribution in [3.8, 4) is 0 Å². The number of hydrogen-bond donors (Lipinski definition) is 0. The average Bonchev–Trinajstić information content (AvgIpc) is 2.37. The predicted molar refractivity (Wildman–Crippen MR) is 83.1 cm³/mol. The highest BCUT2D eigenvalue weighted by Crippen LogP contribution is 2.27. The number of carbonyl (C=O) groups is 1. The first kappa shape index (κ1) is 14.3. The number of ketones is 1. The van der Waals surface area contributed by atoms with Gasteiger partial charge < -0.3 is 0 Å². The van der Waals surface area contributed by atoms with Crippen molar-refractivity contribution in [1.29, 1.82) is 0 Å². The number of hydrogen-bond acceptors (Lipinski definition) is 1. The molecule has 98 valence electrons. The summed E-state index contributed by atoms with van der Waals surface area (Å²) in [7, 11) is 0. The number of halogens is 2. The zero-order valence-corrected chi connectivity index (χ0v) is 13.2. The maximum absolute atomic E-state index is 12.3. The highest BCUT2D eigenvalue weighted by Gasteiger charge is 2.14. The van der Waals surface area contributed by atoms with Gasteiger partial charge in [-0.2, -0.15) is 0 Å². The van der Waals surface area contributed by atoms with E-state index in [2.05, 4.69) is 28.1 Å². The third-order valence-electron chi connectivity index (χ3n) is 3.11. The summed E-state index contributed by atoms with van der Waals surface area (Å²) in [5, 5.41) is 0.484. The van der Waals surface area contributed by atoms with E-state index in [9.17, 15) is 4.79 Å². The van der Waals surface area contributed by atoms with Gasteiger partial charge in [-0.15, -0.1) is 0 Å². The van der Waals surface area contributed by atoms with Gasteiger partial charge in [0.1, 0.15) is 0 Å². The molecule has 0 spiro atoms. The molecule has 1 nitrogen and oxygen atoms in total. The smallest absolute Gasteiger partial charge is 0.168 e. The van der Waals surface area contributed by atoms with E-state index in [0.717, 1.165) is 21.2 Å². The lowest BCUT2D eigenvalue weighted by atomic mass is 9.98. The average molecular weight is 338 g/mol. The van der Waals surface area contributed by atoms with Gasteiger partial charge in [-0.3, -0.25) is 4.79 Å². The van der Waals surface area contributed by atoms with Crippen LogP contribution in [0.4, 0.5) is 0 Å². The minimum atomic E-state index is 0.0417. The van der Waals surface area contributed by atoms with Gasteiger partial charge in [0.05, 0.1) is 5.02 Å². The Morgan fingerprint density at radius 2 is 1.95 bits per heavy atom. The minimum absolute atomic E-state index is 0.0417. The Hall–Kier alpha value is -1.12. The maximum Gasteiger partial charge on any atom is 0.168 e. The Morgan fingerprint density at radius 3 is 2.68 bits per heavy atom. The molecule has 0 aliphatic rings. The van der Waals surface area contributed by atoms with E-state index in [1.165, 1.54) is 0 Å². The van der Waals surface area contributed by atoms with Crippen molar-refractivity contribution in [3.63, 3.8) is 0 Å². The molecule has 0 atom stereocenters. The molecule has 0 unspecified atom stereocenters. The fourth-order valence-corrected chi connectivity index (χ4v) is 2.58. The van der Waals surface area contributed by atoms with Gasteiger partial charge in [0.2, 0.25) is 0 Å². The van der Waals surface area contributed by atoms with E-state index in [-0.39, 0.29) is 5.78 Å². The van der Waals surface area contributed by atoms with Crippen molar-refractivity contribution in [1.82, 2.24) is 0 Å². The second-order valence-electron chi connectivity index (χ2n) is 4.63. The first-order chi connectivity index (χ1) is 8.99. The summed E-state index contributed by atoms with van der Waals surface area (Å²) < 4.78 is 0.751. The predicted octanol–water partition coefficient (Wildman–Crippen LogP) is 5.14. The van der Waals surface area contributed by atoms with E-state index in [1.807, 2.05) is 32.0 Å². The maximum atomic E-state index is 12.3. The minimum Gasteiger partial charge on any atom is -0.294 e. The molecule has 2 aromatic rings. The molecule has 0 radical (unpaired) electrons. The van der Waals surface area contributed by atoms with Crippen LogP contribution < -0.4 is 0 Å². The van der Waals surface area contributed by atoms with Gasteiger partial charge in [-0.25, -0.2) is 0 Å². The SMILES string of the molecule is Cc1ccc(C)c(CC(=O)c2cccc(Br)c2Cl)c1. The fraction of sp³-hybridized carbons (Fsp3) is 0.188. The molecule has 0 bridgehead atoms. The van der Waals surface area contributed by atoms with E-state index in [0.29, 0.717) is 17.0 Å². The largest absolute Gasteiger partial charge is 0.294 e. The monoisotopic (exact) mass is 336 g/mol. The standard InChI is InChI=1S/C16H14BrClO/c1-10-6-7-11(2)12(8-10)9-15(19)13-4-3-5-14(17)16(13)18/h3-8H,9H2,1-2H3. The highest BCUT2D eigenvalue weighted by atomic mass is 79.9. The molecule has 0 amide bonds. The molecule has 0 saturated heterocycles. The molecule has 0 aliphatic heterocycles. The molecule has 0 heterocycles. The highest BCUT2D eigenvalue weighted by molar-refractivity contribution is 9.10. The van der Waals surface area contributed by atoms with Gasteiger partial charge in [-0.05, 0) is 53.0 Å². The van der Waals surface area contributed by atoms with Crippen LogP contribution in [0, 0.1) is 13.8 Å². The molecular formula is C16H14BrClO. The third kappa shape index (κ3) is 3.26. The van der Waals surface area contributed by atoms with Crippen molar-refractivity contribution < 1.29 is 4.79 Å². The van der Waals surface area contributed by atoms with E-state index in [1.54, 1.807) is 6.07 Å². The van der Waals surface area contributed by atoms with Crippen molar-refractivity contribution >= 4 is 33.3 Å². The van der Waals surface area contributed by atoms with Crippen LogP contribution in [-0.4, -0.2) is 5.78 Å². The van der Waals surface area contributed by atoms with Crippen molar-refractivity contribution in [2.75, 3.05) is 0 Å². The van der Waals surface area contributed by atoms with Crippen LogP contribution in [0.2, 0.25) is 5.02 Å². The van der Waals surface area contributed by atoms with E-state index >= 15 is 0 Å². The van der Waals surface area contributed by atoms with Crippen molar-refractivity contribution in [2.45, 2.75) is 20.3 Å². The third-order valence-corrected chi connectivity index (χ3v) is 4.40. The fourth-order valence-electron chi connectivity index (χ4n) is 1.98. The summed E-state index contributed by atoms with van der Waals surface area (Å²) in [4.78, 5) is 12.3. The number of carbonyl (C=O) groups excluding carboxylic acids is 1. The molecule has 0 N–H and O–H groups in total. The second-order valence-corrected chi connectivity index (χ2v) is 5.86. The molecule has 0 aliphatic carbocycles. The molecule has 19 heavy (non-hydrogen) atoms. The Bertz CT molecular complexity index is 635. The zero-order valence-electron chi connectivity index (χ0n) is 10.8. The van der Waals surface area contributed by atoms with Gasteiger partial charge >= 0.3 is 0 Å². The first-order valence-corrected chi connectivity index (χ1v) is 7.19. The first-order valence-electron chi connectivity index (χ1n) is 6.02. The van der Waals surface area contributed by atoms with Crippen LogP contribution in [-0.2, 0) is 6.42 Å². The number of rotatable bonds is 3. The zero-order chi connectivity index (χ0) is 14.0. The van der Waals surface area contributed by atoms with Gasteiger partial charge in [0.25, 0.3) is 0 Å². The van der Waals surface area contributed by atoms with Crippen LogP contribution in [0.3, 0.4) is 0 Å². The summed E-state index contributed by atoms with van der Waals surface area (Å²) in [5.74, 6) is 0.0417. The van der Waals surface area contributed by atoms with Crippen LogP contribution in [0.25, 0.3) is 0 Å². The Labute approximate surface area is 126 Å². The van der Waals surface area contributed by atoms with Gasteiger partial charge in [0, 0.05) is 16.5 Å². The molecule has 0 fully saturated rings. The quantitative estimate of drug-likeness (QED) is 0.708. The Kier molecular flexibility index (Phi) is 4.43. The van der Waals surface area contributed by atoms with Crippen LogP contribution in [0.15, 0.2) is 40.9 Å². The second kappa shape index (κ2) is 5.89. The summed E-state index contributed by atoms with van der Waals surface area (Å²) >= 11 is 9.50. The van der Waals surface area contributed by atoms with Crippen molar-refractivity contribution in [2.24, 2.45) is 0 Å². The number of aryl methyl sites for hydroxylation is 2. The topological polar surface area (TPSA) is 17.1 Å². The van der Waals surface area contributed by atoms with Gasteiger partial charge in [0.15, 0.2) is 5.78 Å². The number of benzene rings is 2. The molecule has 3 heteroatoms. The molecule has 0 saturated carbocycles. The van der Waals surface area contributed by atoms with E-state index in [4.69, 9.17) is 11.6 Å². The van der Waals surface area contributed by atoms with Crippen LogP contribution in [0.1, 0.15) is 27.0 Å². The summed E-state index contributed by atoms with van der Waals surface area (Å²) in [6, 6.07) is 11.6. The van der Waals surface area contributed by atoms with Crippen LogP contribution >= 0.6 is 27.5 Å². The lowest BCUT2D eigenvalue weighted by molar-refractivity contribution is 0.0993. The summed E-state index contributed by atoms with van der Waals surface area (Å²) in [6.45, 7) is 4.05. The molecular weight excluding hydrogens is 324 g/mol. The molecule has 2 rings (SSSR count). The normalized spacial score (nSPS) is 10.5.